The molecule has 1 aromatic heterocycles. The fourth-order valence-electron chi connectivity index (χ4n) is 3.56. The van der Waals surface area contributed by atoms with Crippen molar-refractivity contribution in [2.24, 2.45) is 5.41 Å². The zero-order valence-corrected chi connectivity index (χ0v) is 14.4. The highest BCUT2D eigenvalue weighted by Crippen LogP contribution is 2.49. The number of halogens is 3. The summed E-state index contributed by atoms with van der Waals surface area (Å²) in [7, 11) is 0. The molecule has 6 heteroatoms. The number of nitrogens with one attached hydrogen (secondary N) is 2. The maximum Gasteiger partial charge on any atom is 0.483 e. The Balaban J connectivity index is 2.09. The van der Waals surface area contributed by atoms with Gasteiger partial charge >= 0.3 is 11.9 Å². The smallest absolute Gasteiger partial charge is 0.161 e. The molecule has 0 saturated carbocycles. The molecular weight excluding hydrogens is 315 g/mol. The normalized spacial score (nSPS) is 22.5. The van der Waals surface area contributed by atoms with Crippen molar-refractivity contribution in [1.29, 1.82) is 0 Å². The Morgan fingerprint density at radius 3 is 2.50 bits per heavy atom. The Morgan fingerprint density at radius 2 is 1.88 bits per heavy atom. The number of aromatic nitrogens is 2. The summed E-state index contributed by atoms with van der Waals surface area (Å²) in [6.45, 7) is 7.96. The fraction of sp³-hybridized carbons (Fsp3) is 0.500. The third kappa shape index (κ3) is 2.48. The average Bonchev–Trinajstić information content (AvgIpc) is 2.97. The number of benzene rings is 1. The summed E-state index contributed by atoms with van der Waals surface area (Å²) in [6.07, 6.45) is -3.10. The molecule has 3 nitrogen and oxygen atoms in total. The lowest BCUT2D eigenvalue weighted by Crippen LogP contribution is -2.62. The SMILES string of the molecule is CCc1cc(C(F)(F)F)[n+](NC2(C)c3ccccc3CC2(C)C)[nH]1. The van der Waals surface area contributed by atoms with E-state index >= 15 is 0 Å². The van der Waals surface area contributed by atoms with Crippen LogP contribution in [0.2, 0.25) is 0 Å². The molecule has 1 heterocycles. The Hall–Kier alpha value is -1.98. The van der Waals surface area contributed by atoms with Crippen LogP contribution < -0.4 is 10.2 Å². The van der Waals surface area contributed by atoms with Crippen molar-refractivity contribution in [3.63, 3.8) is 0 Å². The average molecular weight is 338 g/mol. The number of alkyl halides is 3. The van der Waals surface area contributed by atoms with Crippen LogP contribution in [0.25, 0.3) is 0 Å². The van der Waals surface area contributed by atoms with Crippen LogP contribution in [0, 0.1) is 5.41 Å². The van der Waals surface area contributed by atoms with Crippen molar-refractivity contribution in [2.45, 2.75) is 52.3 Å². The van der Waals surface area contributed by atoms with Crippen LogP contribution in [-0.4, -0.2) is 5.10 Å². The van der Waals surface area contributed by atoms with E-state index in [1.165, 1.54) is 11.6 Å². The van der Waals surface area contributed by atoms with E-state index in [4.69, 9.17) is 0 Å². The largest absolute Gasteiger partial charge is 0.483 e. The number of hydrogen-bond donors (Lipinski definition) is 2. The summed E-state index contributed by atoms with van der Waals surface area (Å²) in [6, 6.07) is 9.12. The lowest BCUT2D eigenvalue weighted by atomic mass is 9.74. The molecule has 24 heavy (non-hydrogen) atoms. The molecular formula is C18H23F3N3+. The summed E-state index contributed by atoms with van der Waals surface area (Å²) < 4.78 is 40.2. The first kappa shape index (κ1) is 16.9. The monoisotopic (exact) mass is 338 g/mol. The van der Waals surface area contributed by atoms with Gasteiger partial charge in [-0.05, 0) is 30.9 Å². The standard InChI is InChI=1S/C18H22F3N3/c1-5-13-10-15(18(19,20)21)24(22-13)23-17(4)14-9-7-6-8-12(14)11-16(17,2)3/h6-10,23H,5,11H2,1-4H3/p+1. The van der Waals surface area contributed by atoms with Crippen LogP contribution >= 0.6 is 0 Å². The van der Waals surface area contributed by atoms with Crippen molar-refractivity contribution in [3.8, 4) is 0 Å². The van der Waals surface area contributed by atoms with Gasteiger partial charge in [-0.2, -0.15) is 18.6 Å². The highest BCUT2D eigenvalue weighted by atomic mass is 19.4. The summed E-state index contributed by atoms with van der Waals surface area (Å²) in [5, 5.41) is 2.84. The highest BCUT2D eigenvalue weighted by molar-refractivity contribution is 5.43. The Kier molecular flexibility index (Phi) is 3.70. The molecule has 1 atom stereocenters. The van der Waals surface area contributed by atoms with E-state index in [2.05, 4.69) is 24.4 Å². The third-order valence-electron chi connectivity index (χ3n) is 5.36. The molecule has 3 rings (SSSR count). The van der Waals surface area contributed by atoms with E-state index in [0.29, 0.717) is 12.1 Å². The minimum absolute atomic E-state index is 0.232. The maximum absolute atomic E-state index is 13.4. The van der Waals surface area contributed by atoms with Gasteiger partial charge in [0.05, 0.1) is 5.69 Å². The van der Waals surface area contributed by atoms with Gasteiger partial charge in [-0.25, -0.2) is 0 Å². The highest BCUT2D eigenvalue weighted by Gasteiger charge is 2.54. The molecule has 130 valence electrons. The second-order valence-electron chi connectivity index (χ2n) is 7.31. The van der Waals surface area contributed by atoms with Gasteiger partial charge in [0, 0.05) is 16.3 Å². The fourth-order valence-corrected chi connectivity index (χ4v) is 3.56. The molecule has 2 aromatic rings. The molecule has 0 bridgehead atoms. The van der Waals surface area contributed by atoms with E-state index in [0.717, 1.165) is 16.8 Å². The number of fused-ring (bicyclic) bond motifs is 1. The van der Waals surface area contributed by atoms with Gasteiger partial charge in [0.25, 0.3) is 0 Å². The number of aryl methyl sites for hydroxylation is 1. The molecule has 1 unspecified atom stereocenters. The molecule has 1 aliphatic carbocycles. The Labute approximate surface area is 139 Å². The van der Waals surface area contributed by atoms with E-state index in [1.807, 2.05) is 38.1 Å². The maximum atomic E-state index is 13.4. The predicted molar refractivity (Wildman–Crippen MR) is 86.0 cm³/mol. The van der Waals surface area contributed by atoms with Crippen molar-refractivity contribution in [1.82, 2.24) is 5.10 Å². The van der Waals surface area contributed by atoms with Gasteiger partial charge in [0.2, 0.25) is 0 Å². The van der Waals surface area contributed by atoms with Crippen LogP contribution in [-0.2, 0) is 24.6 Å². The first-order valence-electron chi connectivity index (χ1n) is 8.16. The summed E-state index contributed by atoms with van der Waals surface area (Å²) in [5.41, 5.74) is 4.34. The second kappa shape index (κ2) is 5.26. The topological polar surface area (TPSA) is 31.7 Å². The minimum atomic E-state index is -4.42. The van der Waals surface area contributed by atoms with Gasteiger partial charge < -0.3 is 0 Å². The van der Waals surface area contributed by atoms with Crippen molar-refractivity contribution in [3.05, 3.63) is 52.8 Å². The summed E-state index contributed by atoms with van der Waals surface area (Å²) in [4.78, 5) is 1.04. The zero-order valence-electron chi connectivity index (χ0n) is 14.4. The number of hydrogen-bond acceptors (Lipinski definition) is 1. The Morgan fingerprint density at radius 1 is 1.21 bits per heavy atom. The predicted octanol–water partition coefficient (Wildman–Crippen LogP) is 3.92. The van der Waals surface area contributed by atoms with E-state index < -0.39 is 17.4 Å². The van der Waals surface area contributed by atoms with Gasteiger partial charge in [0.15, 0.2) is 0 Å². The molecule has 0 aliphatic heterocycles. The molecule has 0 spiro atoms. The molecule has 2 N–H and O–H groups in total. The number of aromatic amines is 1. The van der Waals surface area contributed by atoms with Gasteiger partial charge in [-0.15, -0.1) is 5.10 Å². The lowest BCUT2D eigenvalue weighted by Gasteiger charge is -2.36. The first-order chi connectivity index (χ1) is 11.1. The molecule has 0 radical (unpaired) electrons. The molecule has 0 fully saturated rings. The minimum Gasteiger partial charge on any atom is -0.161 e. The number of rotatable bonds is 3. The van der Waals surface area contributed by atoms with Crippen LogP contribution in [0.15, 0.2) is 30.3 Å². The number of nitrogens with zero attached hydrogens (tertiary/aromatic N) is 1. The zero-order chi connectivity index (χ0) is 17.8. The van der Waals surface area contributed by atoms with Crippen molar-refractivity contribution >= 4 is 0 Å². The van der Waals surface area contributed by atoms with Crippen LogP contribution in [0.5, 0.6) is 0 Å². The molecule has 1 aliphatic rings. The quantitative estimate of drug-likeness (QED) is 0.817. The van der Waals surface area contributed by atoms with Gasteiger partial charge in [-0.3, -0.25) is 0 Å². The molecule has 1 aromatic carbocycles. The van der Waals surface area contributed by atoms with Crippen LogP contribution in [0.1, 0.15) is 50.2 Å². The van der Waals surface area contributed by atoms with E-state index in [9.17, 15) is 13.2 Å². The summed E-state index contributed by atoms with van der Waals surface area (Å²) in [5.74, 6) is 0. The van der Waals surface area contributed by atoms with Gasteiger partial charge in [0.1, 0.15) is 5.54 Å². The first-order valence-corrected chi connectivity index (χ1v) is 8.16. The third-order valence-corrected chi connectivity index (χ3v) is 5.36. The van der Waals surface area contributed by atoms with E-state index in [-0.39, 0.29) is 5.41 Å². The molecule has 0 saturated heterocycles. The van der Waals surface area contributed by atoms with Crippen LogP contribution in [0.4, 0.5) is 13.2 Å². The van der Waals surface area contributed by atoms with Gasteiger partial charge in [-0.1, -0.05) is 45.0 Å². The summed E-state index contributed by atoms with van der Waals surface area (Å²) >= 11 is 0. The number of H-pyrrole nitrogens is 1. The lowest BCUT2D eigenvalue weighted by molar-refractivity contribution is -0.732. The van der Waals surface area contributed by atoms with E-state index in [1.54, 1.807) is 0 Å². The Bertz CT molecular complexity index is 761. The van der Waals surface area contributed by atoms with Crippen LogP contribution in [0.3, 0.4) is 0 Å². The molecule has 0 amide bonds. The second-order valence-corrected chi connectivity index (χ2v) is 7.31. The van der Waals surface area contributed by atoms with Crippen molar-refractivity contribution in [2.75, 3.05) is 5.43 Å². The van der Waals surface area contributed by atoms with Crippen molar-refractivity contribution < 1.29 is 18.0 Å².